The number of amides is 1. The van der Waals surface area contributed by atoms with Gasteiger partial charge in [0.05, 0.1) is 7.11 Å². The lowest BCUT2D eigenvalue weighted by molar-refractivity contribution is 0.102. The summed E-state index contributed by atoms with van der Waals surface area (Å²) in [7, 11) is 1.63. The van der Waals surface area contributed by atoms with Crippen LogP contribution in [0.2, 0.25) is 0 Å². The molecule has 0 radical (unpaired) electrons. The van der Waals surface area contributed by atoms with Crippen molar-refractivity contribution in [1.29, 1.82) is 0 Å². The molecule has 4 heteroatoms. The fourth-order valence-corrected chi connectivity index (χ4v) is 2.28. The second kappa shape index (κ2) is 6.57. The van der Waals surface area contributed by atoms with E-state index in [2.05, 4.69) is 21.2 Å². The number of halogens is 1. The number of carbonyl (C=O) groups excluding carboxylic acids is 1. The average Bonchev–Trinajstić information content (AvgIpc) is 2.47. The van der Waals surface area contributed by atoms with Crippen molar-refractivity contribution in [2.24, 2.45) is 0 Å². The molecular weight excluding hydrogens is 318 g/mol. The van der Waals surface area contributed by atoms with Crippen LogP contribution in [0.1, 0.15) is 21.5 Å². The van der Waals surface area contributed by atoms with Crippen molar-refractivity contribution in [2.45, 2.75) is 12.3 Å². The van der Waals surface area contributed by atoms with Crippen LogP contribution < -0.4 is 10.1 Å². The Labute approximate surface area is 127 Å². The van der Waals surface area contributed by atoms with Gasteiger partial charge in [-0.1, -0.05) is 28.1 Å². The van der Waals surface area contributed by atoms with Crippen molar-refractivity contribution >= 4 is 27.5 Å². The first-order valence-corrected chi connectivity index (χ1v) is 7.37. The molecule has 0 saturated carbocycles. The zero-order valence-electron chi connectivity index (χ0n) is 11.4. The first-order valence-electron chi connectivity index (χ1n) is 6.25. The van der Waals surface area contributed by atoms with Gasteiger partial charge in [0.1, 0.15) is 5.75 Å². The van der Waals surface area contributed by atoms with E-state index in [0.717, 1.165) is 27.9 Å². The van der Waals surface area contributed by atoms with Crippen molar-refractivity contribution < 1.29 is 9.53 Å². The molecule has 2 aromatic carbocycles. The zero-order chi connectivity index (χ0) is 14.5. The van der Waals surface area contributed by atoms with Gasteiger partial charge in [-0.25, -0.2) is 0 Å². The van der Waals surface area contributed by atoms with Crippen LogP contribution in [0.5, 0.6) is 5.75 Å². The summed E-state index contributed by atoms with van der Waals surface area (Å²) >= 11 is 3.38. The minimum absolute atomic E-state index is 0.115. The van der Waals surface area contributed by atoms with E-state index in [-0.39, 0.29) is 5.91 Å². The van der Waals surface area contributed by atoms with Gasteiger partial charge in [-0.15, -0.1) is 0 Å². The lowest BCUT2D eigenvalue weighted by Crippen LogP contribution is -2.11. The molecule has 0 bridgehead atoms. The van der Waals surface area contributed by atoms with Crippen LogP contribution in [0.15, 0.2) is 42.5 Å². The molecule has 0 aliphatic carbocycles. The molecule has 3 nitrogen and oxygen atoms in total. The number of anilines is 1. The Bertz CT molecular complexity index is 608. The Balaban J connectivity index is 2.12. The second-order valence-electron chi connectivity index (χ2n) is 4.47. The summed E-state index contributed by atoms with van der Waals surface area (Å²) in [5, 5.41) is 3.67. The highest BCUT2D eigenvalue weighted by atomic mass is 79.9. The highest BCUT2D eigenvalue weighted by Crippen LogP contribution is 2.21. The average molecular weight is 334 g/mol. The number of aryl methyl sites for hydroxylation is 1. The summed E-state index contributed by atoms with van der Waals surface area (Å²) in [5.41, 5.74) is 3.53. The fraction of sp³-hybridized carbons (Fsp3) is 0.188. The normalized spacial score (nSPS) is 10.2. The van der Waals surface area contributed by atoms with E-state index < -0.39 is 0 Å². The maximum atomic E-state index is 12.1. The van der Waals surface area contributed by atoms with Gasteiger partial charge in [0, 0.05) is 16.6 Å². The molecule has 0 fully saturated rings. The van der Waals surface area contributed by atoms with Gasteiger partial charge in [0.2, 0.25) is 0 Å². The number of methoxy groups -OCH3 is 1. The van der Waals surface area contributed by atoms with Gasteiger partial charge in [0.15, 0.2) is 0 Å². The van der Waals surface area contributed by atoms with E-state index in [1.807, 2.05) is 49.4 Å². The van der Waals surface area contributed by atoms with Crippen LogP contribution >= 0.6 is 15.9 Å². The summed E-state index contributed by atoms with van der Waals surface area (Å²) in [5.74, 6) is 0.695. The topological polar surface area (TPSA) is 38.3 Å². The number of carbonyl (C=O) groups is 1. The van der Waals surface area contributed by atoms with E-state index in [1.165, 1.54) is 0 Å². The van der Waals surface area contributed by atoms with Gasteiger partial charge in [0.25, 0.3) is 5.91 Å². The van der Waals surface area contributed by atoms with E-state index >= 15 is 0 Å². The lowest BCUT2D eigenvalue weighted by Gasteiger charge is -2.09. The first kappa shape index (κ1) is 14.6. The number of alkyl halides is 1. The second-order valence-corrected chi connectivity index (χ2v) is 5.03. The molecule has 104 valence electrons. The molecule has 0 saturated heterocycles. The largest absolute Gasteiger partial charge is 0.496 e. The monoisotopic (exact) mass is 333 g/mol. The predicted octanol–water partition coefficient (Wildman–Crippen LogP) is 4.15. The molecule has 2 rings (SSSR count). The maximum absolute atomic E-state index is 12.1. The summed E-state index contributed by atoms with van der Waals surface area (Å²) in [4.78, 5) is 12.1. The highest BCUT2D eigenvalue weighted by molar-refractivity contribution is 9.08. The predicted molar refractivity (Wildman–Crippen MR) is 84.8 cm³/mol. The van der Waals surface area contributed by atoms with Crippen molar-refractivity contribution in [3.05, 3.63) is 59.2 Å². The molecule has 0 heterocycles. The van der Waals surface area contributed by atoms with Crippen LogP contribution in [0.4, 0.5) is 5.69 Å². The van der Waals surface area contributed by atoms with Crippen molar-refractivity contribution in [3.8, 4) is 5.75 Å². The van der Waals surface area contributed by atoms with Gasteiger partial charge >= 0.3 is 0 Å². The Morgan fingerprint density at radius 3 is 2.45 bits per heavy atom. The molecule has 20 heavy (non-hydrogen) atoms. The SMILES string of the molecule is COc1ccc(NC(=O)c2ccc(CBr)cc2)cc1C. The standard InChI is InChI=1S/C16H16BrNO2/c1-11-9-14(7-8-15(11)20-2)18-16(19)13-5-3-12(10-17)4-6-13/h3-9H,10H2,1-2H3,(H,18,19). The number of hydrogen-bond acceptors (Lipinski definition) is 2. The van der Waals surface area contributed by atoms with Crippen LogP contribution in [-0.2, 0) is 5.33 Å². The van der Waals surface area contributed by atoms with Crippen molar-refractivity contribution in [1.82, 2.24) is 0 Å². The Kier molecular flexibility index (Phi) is 4.79. The van der Waals surface area contributed by atoms with Gasteiger partial charge < -0.3 is 10.1 Å². The number of nitrogens with one attached hydrogen (secondary N) is 1. The molecule has 0 atom stereocenters. The Morgan fingerprint density at radius 2 is 1.90 bits per heavy atom. The van der Waals surface area contributed by atoms with Crippen molar-refractivity contribution in [3.63, 3.8) is 0 Å². The molecule has 0 aromatic heterocycles. The highest BCUT2D eigenvalue weighted by Gasteiger charge is 2.07. The van der Waals surface area contributed by atoms with Gasteiger partial charge in [-0.3, -0.25) is 4.79 Å². The summed E-state index contributed by atoms with van der Waals surface area (Å²) in [6, 6.07) is 13.1. The summed E-state index contributed by atoms with van der Waals surface area (Å²) < 4.78 is 5.20. The van der Waals surface area contributed by atoms with E-state index in [1.54, 1.807) is 7.11 Å². The van der Waals surface area contributed by atoms with Crippen LogP contribution in [0, 0.1) is 6.92 Å². The van der Waals surface area contributed by atoms with Crippen LogP contribution in [0.25, 0.3) is 0 Å². The van der Waals surface area contributed by atoms with E-state index in [0.29, 0.717) is 5.56 Å². The van der Waals surface area contributed by atoms with Gasteiger partial charge in [-0.05, 0) is 48.4 Å². The molecule has 0 unspecified atom stereocenters. The smallest absolute Gasteiger partial charge is 0.255 e. The minimum atomic E-state index is -0.115. The number of benzene rings is 2. The molecule has 0 aliphatic heterocycles. The molecule has 0 aliphatic rings. The van der Waals surface area contributed by atoms with Gasteiger partial charge in [-0.2, -0.15) is 0 Å². The number of hydrogen-bond donors (Lipinski definition) is 1. The summed E-state index contributed by atoms with van der Waals surface area (Å²) in [6.07, 6.45) is 0. The Hall–Kier alpha value is -1.81. The van der Waals surface area contributed by atoms with E-state index in [4.69, 9.17) is 4.74 Å². The first-order chi connectivity index (χ1) is 9.63. The van der Waals surface area contributed by atoms with Crippen molar-refractivity contribution in [2.75, 3.05) is 12.4 Å². The third kappa shape index (κ3) is 3.39. The quantitative estimate of drug-likeness (QED) is 0.853. The molecular formula is C16H16BrNO2. The molecule has 2 aromatic rings. The zero-order valence-corrected chi connectivity index (χ0v) is 13.0. The third-order valence-corrected chi connectivity index (χ3v) is 3.67. The van der Waals surface area contributed by atoms with Crippen LogP contribution in [-0.4, -0.2) is 13.0 Å². The molecule has 1 amide bonds. The molecule has 0 spiro atoms. The maximum Gasteiger partial charge on any atom is 0.255 e. The lowest BCUT2D eigenvalue weighted by atomic mass is 10.1. The minimum Gasteiger partial charge on any atom is -0.496 e. The number of rotatable bonds is 4. The Morgan fingerprint density at radius 1 is 1.20 bits per heavy atom. The van der Waals surface area contributed by atoms with E-state index in [9.17, 15) is 4.79 Å². The summed E-state index contributed by atoms with van der Waals surface area (Å²) in [6.45, 7) is 1.94. The number of ether oxygens (including phenoxy) is 1. The fourth-order valence-electron chi connectivity index (χ4n) is 1.90. The molecule has 1 N–H and O–H groups in total. The van der Waals surface area contributed by atoms with Crippen LogP contribution in [0.3, 0.4) is 0 Å². The third-order valence-electron chi connectivity index (χ3n) is 3.02.